The van der Waals surface area contributed by atoms with Crippen molar-refractivity contribution in [1.29, 1.82) is 0 Å². The zero-order valence-electron chi connectivity index (χ0n) is 17.6. The second-order valence-electron chi connectivity index (χ2n) is 8.51. The van der Waals surface area contributed by atoms with Crippen LogP contribution in [-0.4, -0.2) is 61.8 Å². The Morgan fingerprint density at radius 3 is 2.50 bits per heavy atom. The average Bonchev–Trinajstić information content (AvgIpc) is 2.56. The fourth-order valence-corrected chi connectivity index (χ4v) is 4.22. The highest BCUT2D eigenvalue weighted by Crippen LogP contribution is 2.31. The summed E-state index contributed by atoms with van der Waals surface area (Å²) in [6, 6.07) is 4.55. The molecule has 0 amide bonds. The van der Waals surface area contributed by atoms with Crippen LogP contribution < -0.4 is 4.74 Å². The summed E-state index contributed by atoms with van der Waals surface area (Å²) < 4.78 is 5.87. The van der Waals surface area contributed by atoms with Crippen molar-refractivity contribution in [3.63, 3.8) is 0 Å². The molecular formula is C22H38N2O2. The highest BCUT2D eigenvalue weighted by Gasteiger charge is 2.27. The molecular weight excluding hydrogens is 324 g/mol. The average molecular weight is 363 g/mol. The molecule has 1 aliphatic rings. The molecule has 1 aliphatic heterocycles. The fourth-order valence-electron chi connectivity index (χ4n) is 4.22. The molecule has 148 valence electrons. The third-order valence-electron chi connectivity index (χ3n) is 5.37. The number of aliphatic hydroxyl groups excluding tert-OH is 1. The molecule has 4 heteroatoms. The first-order valence-corrected chi connectivity index (χ1v) is 10.1. The van der Waals surface area contributed by atoms with Crippen LogP contribution in [0.15, 0.2) is 12.1 Å². The van der Waals surface area contributed by atoms with Gasteiger partial charge in [-0.25, -0.2) is 0 Å². The molecule has 1 saturated heterocycles. The number of likely N-dealkylation sites (tertiary alicyclic amines) is 1. The van der Waals surface area contributed by atoms with Crippen molar-refractivity contribution in [1.82, 2.24) is 9.80 Å². The van der Waals surface area contributed by atoms with Gasteiger partial charge < -0.3 is 14.7 Å². The molecule has 1 fully saturated rings. The van der Waals surface area contributed by atoms with Gasteiger partial charge in [0.2, 0.25) is 0 Å². The van der Waals surface area contributed by atoms with Crippen LogP contribution in [0, 0.1) is 18.8 Å². The van der Waals surface area contributed by atoms with Crippen molar-refractivity contribution in [2.75, 3.05) is 46.9 Å². The number of aryl methyl sites for hydroxylation is 1. The SMILES string of the molecule is CCOc1cc(C)c(CN2C[C@H](CO)C[C@@H](CN(C)C)C2)cc1C(C)C. The first-order chi connectivity index (χ1) is 12.3. The predicted octanol–water partition coefficient (Wildman–Crippen LogP) is 3.51. The molecule has 1 heterocycles. The molecule has 0 aromatic heterocycles. The minimum Gasteiger partial charge on any atom is -0.494 e. The second-order valence-corrected chi connectivity index (χ2v) is 8.51. The highest BCUT2D eigenvalue weighted by molar-refractivity contribution is 5.44. The monoisotopic (exact) mass is 362 g/mol. The van der Waals surface area contributed by atoms with E-state index < -0.39 is 0 Å². The van der Waals surface area contributed by atoms with Gasteiger partial charge in [-0.2, -0.15) is 0 Å². The van der Waals surface area contributed by atoms with E-state index in [9.17, 15) is 5.11 Å². The number of hydrogen-bond donors (Lipinski definition) is 1. The van der Waals surface area contributed by atoms with Gasteiger partial charge in [0, 0.05) is 32.8 Å². The van der Waals surface area contributed by atoms with Crippen LogP contribution in [0.25, 0.3) is 0 Å². The molecule has 0 bridgehead atoms. The third-order valence-corrected chi connectivity index (χ3v) is 5.37. The van der Waals surface area contributed by atoms with Crippen molar-refractivity contribution in [2.45, 2.75) is 46.6 Å². The maximum Gasteiger partial charge on any atom is 0.123 e. The molecule has 1 aromatic rings. The summed E-state index contributed by atoms with van der Waals surface area (Å²) in [5, 5.41) is 9.74. The topological polar surface area (TPSA) is 35.9 Å². The molecule has 26 heavy (non-hydrogen) atoms. The van der Waals surface area contributed by atoms with Gasteiger partial charge in [-0.3, -0.25) is 4.90 Å². The molecule has 0 radical (unpaired) electrons. The molecule has 0 aliphatic carbocycles. The minimum absolute atomic E-state index is 0.292. The lowest BCUT2D eigenvalue weighted by Gasteiger charge is -2.38. The number of hydrogen-bond acceptors (Lipinski definition) is 4. The maximum atomic E-state index is 9.74. The van der Waals surface area contributed by atoms with E-state index in [1.54, 1.807) is 0 Å². The van der Waals surface area contributed by atoms with Gasteiger partial charge in [-0.1, -0.05) is 19.9 Å². The van der Waals surface area contributed by atoms with Crippen LogP contribution in [0.5, 0.6) is 5.75 Å². The van der Waals surface area contributed by atoms with Crippen LogP contribution in [0.3, 0.4) is 0 Å². The van der Waals surface area contributed by atoms with Gasteiger partial charge in [0.25, 0.3) is 0 Å². The third kappa shape index (κ3) is 5.70. The van der Waals surface area contributed by atoms with E-state index in [0.29, 0.717) is 31.0 Å². The molecule has 4 nitrogen and oxygen atoms in total. The van der Waals surface area contributed by atoms with Crippen molar-refractivity contribution >= 4 is 0 Å². The number of ether oxygens (including phenoxy) is 1. The lowest BCUT2D eigenvalue weighted by Crippen LogP contribution is -2.44. The lowest BCUT2D eigenvalue weighted by molar-refractivity contribution is 0.0691. The smallest absolute Gasteiger partial charge is 0.123 e. The normalized spacial score (nSPS) is 21.6. The van der Waals surface area contributed by atoms with Gasteiger partial charge in [-0.05, 0) is 74.9 Å². The van der Waals surface area contributed by atoms with Crippen molar-refractivity contribution in [2.24, 2.45) is 11.8 Å². The van der Waals surface area contributed by atoms with Gasteiger partial charge in [0.05, 0.1) is 6.61 Å². The summed E-state index contributed by atoms with van der Waals surface area (Å²) in [6.45, 7) is 13.8. The van der Waals surface area contributed by atoms with Crippen LogP contribution in [-0.2, 0) is 6.54 Å². The molecule has 1 N–H and O–H groups in total. The van der Waals surface area contributed by atoms with Gasteiger partial charge >= 0.3 is 0 Å². The summed E-state index contributed by atoms with van der Waals surface area (Å²) in [5.41, 5.74) is 3.99. The Morgan fingerprint density at radius 2 is 1.92 bits per heavy atom. The number of benzene rings is 1. The Kier molecular flexibility index (Phi) is 7.93. The highest BCUT2D eigenvalue weighted by atomic mass is 16.5. The Labute approximate surface area is 160 Å². The molecule has 0 unspecified atom stereocenters. The molecule has 0 spiro atoms. The van der Waals surface area contributed by atoms with E-state index >= 15 is 0 Å². The van der Waals surface area contributed by atoms with Gasteiger partial charge in [-0.15, -0.1) is 0 Å². The summed E-state index contributed by atoms with van der Waals surface area (Å²) in [6.07, 6.45) is 1.13. The fraction of sp³-hybridized carbons (Fsp3) is 0.727. The Bertz CT molecular complexity index is 572. The zero-order valence-corrected chi connectivity index (χ0v) is 17.6. The number of nitrogens with zero attached hydrogens (tertiary/aromatic N) is 2. The quantitative estimate of drug-likeness (QED) is 0.768. The molecule has 2 rings (SSSR count). The summed E-state index contributed by atoms with van der Waals surface area (Å²) in [4.78, 5) is 4.80. The second kappa shape index (κ2) is 9.72. The summed E-state index contributed by atoms with van der Waals surface area (Å²) in [7, 11) is 4.27. The first kappa shape index (κ1) is 21.2. The number of piperidine rings is 1. The molecule has 2 atom stereocenters. The first-order valence-electron chi connectivity index (χ1n) is 10.1. The van der Waals surface area contributed by atoms with Crippen LogP contribution in [0.4, 0.5) is 0 Å². The molecule has 1 aromatic carbocycles. The maximum absolute atomic E-state index is 9.74. The zero-order chi connectivity index (χ0) is 19.3. The van der Waals surface area contributed by atoms with Gasteiger partial charge in [0.1, 0.15) is 5.75 Å². The number of aliphatic hydroxyl groups is 1. The van der Waals surface area contributed by atoms with Gasteiger partial charge in [0.15, 0.2) is 0 Å². The molecule has 0 saturated carbocycles. The van der Waals surface area contributed by atoms with Crippen molar-refractivity contribution in [3.05, 3.63) is 28.8 Å². The van der Waals surface area contributed by atoms with E-state index in [1.807, 2.05) is 6.92 Å². The van der Waals surface area contributed by atoms with E-state index in [4.69, 9.17) is 4.74 Å². The Morgan fingerprint density at radius 1 is 1.23 bits per heavy atom. The predicted molar refractivity (Wildman–Crippen MR) is 109 cm³/mol. The minimum atomic E-state index is 0.292. The van der Waals surface area contributed by atoms with Crippen molar-refractivity contribution < 1.29 is 9.84 Å². The lowest BCUT2D eigenvalue weighted by atomic mass is 9.88. The summed E-state index contributed by atoms with van der Waals surface area (Å²) in [5.74, 6) is 2.50. The van der Waals surface area contributed by atoms with Crippen LogP contribution >= 0.6 is 0 Å². The Hall–Kier alpha value is -1.10. The summed E-state index contributed by atoms with van der Waals surface area (Å²) >= 11 is 0. The van der Waals surface area contributed by atoms with E-state index in [-0.39, 0.29) is 0 Å². The van der Waals surface area contributed by atoms with Crippen molar-refractivity contribution in [3.8, 4) is 5.75 Å². The largest absolute Gasteiger partial charge is 0.494 e. The van der Waals surface area contributed by atoms with Crippen LogP contribution in [0.2, 0.25) is 0 Å². The van der Waals surface area contributed by atoms with E-state index in [0.717, 1.165) is 38.3 Å². The standard InChI is InChI=1S/C22H38N2O2/c1-7-26-22-8-17(4)20(10-21(22)16(2)3)14-24-12-18(11-23(5)6)9-19(13-24)15-25/h8,10,16,18-19,25H,7,9,11-15H2,1-6H3/t18-,19+/m0/s1. The van der Waals surface area contributed by atoms with E-state index in [1.165, 1.54) is 16.7 Å². The Balaban J connectivity index is 2.18. The van der Waals surface area contributed by atoms with Crippen LogP contribution in [0.1, 0.15) is 49.8 Å². The van der Waals surface area contributed by atoms with E-state index in [2.05, 4.69) is 56.8 Å². The number of rotatable bonds is 8.